The molecule has 49 heavy (non-hydrogen) atoms. The summed E-state index contributed by atoms with van der Waals surface area (Å²) in [6.45, 7) is 10.5. The number of hydrogen-bond donors (Lipinski definition) is 1. The molecule has 6 heterocycles. The fourth-order valence-electron chi connectivity index (χ4n) is 7.83. The van der Waals surface area contributed by atoms with Crippen molar-refractivity contribution in [1.29, 1.82) is 0 Å². The molecule has 2 aromatic heterocycles. The number of carbonyl (C=O) groups is 1. The topological polar surface area (TPSA) is 113 Å². The van der Waals surface area contributed by atoms with Crippen molar-refractivity contribution in [3.05, 3.63) is 29.1 Å². The number of benzene rings is 1. The van der Waals surface area contributed by atoms with Crippen molar-refractivity contribution in [1.82, 2.24) is 24.8 Å². The Hall–Kier alpha value is -4.14. The number of halogens is 4. The SMILES string of the molecule is Cc1cc(N)cc(-c2nc3c4c(nc(N5CC(C)(N(C)C)C5)nc4c2F)N2C[C@H]4CC[C@@H]([C@H]2CCO3)N4C(=O)OC(C)(C)C)c1C(F)(F)F. The summed E-state index contributed by atoms with van der Waals surface area (Å²) in [5.41, 5.74) is 2.80. The van der Waals surface area contributed by atoms with Crippen LogP contribution in [0.5, 0.6) is 5.88 Å². The lowest BCUT2D eigenvalue weighted by molar-refractivity contribution is -0.137. The molecule has 0 spiro atoms. The number of rotatable bonds is 3. The van der Waals surface area contributed by atoms with Crippen LogP contribution in [0.25, 0.3) is 22.2 Å². The Bertz CT molecular complexity index is 1840. The molecule has 1 aromatic carbocycles. The summed E-state index contributed by atoms with van der Waals surface area (Å²) >= 11 is 0. The summed E-state index contributed by atoms with van der Waals surface area (Å²) in [7, 11) is 3.96. The predicted octanol–water partition coefficient (Wildman–Crippen LogP) is 5.62. The van der Waals surface area contributed by atoms with Gasteiger partial charge in [-0.05, 0) is 79.3 Å². The van der Waals surface area contributed by atoms with Gasteiger partial charge < -0.3 is 29.9 Å². The first-order chi connectivity index (χ1) is 22.9. The second-order valence-corrected chi connectivity index (χ2v) is 15.2. The van der Waals surface area contributed by atoms with Gasteiger partial charge in [-0.2, -0.15) is 18.2 Å². The van der Waals surface area contributed by atoms with Crippen molar-refractivity contribution in [3.8, 4) is 17.1 Å². The van der Waals surface area contributed by atoms with E-state index in [1.54, 1.807) is 0 Å². The van der Waals surface area contributed by atoms with Gasteiger partial charge in [-0.3, -0.25) is 4.90 Å². The maximum Gasteiger partial charge on any atom is 0.417 e. The normalized spacial score (nSPS) is 23.2. The molecule has 3 saturated heterocycles. The number of pyridine rings is 1. The van der Waals surface area contributed by atoms with Crippen molar-refractivity contribution in [3.63, 3.8) is 0 Å². The lowest BCUT2D eigenvalue weighted by Crippen LogP contribution is -2.67. The van der Waals surface area contributed by atoms with Gasteiger partial charge in [0.15, 0.2) is 5.82 Å². The molecule has 3 aromatic rings. The largest absolute Gasteiger partial charge is 0.477 e. The van der Waals surface area contributed by atoms with E-state index in [4.69, 9.17) is 20.2 Å². The highest BCUT2D eigenvalue weighted by molar-refractivity contribution is 5.98. The standard InChI is InChI=1S/C34H42F4N8O3/c1-17-12-18(39)13-20(24(17)34(36,37)38)26-25(35)27-23-28(42-30(41-27)44-15-33(5,16-44)43(6)7)45-14-19-8-9-22(21(45)10-11-48-29(23)40-26)46(19)31(47)49-32(2,3)4/h12-13,19,21-22H,8-11,14-16,39H2,1-7H3/t19-,21-,22+/m1/s1. The van der Waals surface area contributed by atoms with Gasteiger partial charge in [-0.25, -0.2) is 19.2 Å². The minimum Gasteiger partial charge on any atom is -0.477 e. The van der Waals surface area contributed by atoms with E-state index in [0.29, 0.717) is 31.9 Å². The number of hydrogen-bond acceptors (Lipinski definition) is 10. The molecule has 3 atom stereocenters. The van der Waals surface area contributed by atoms with Crippen molar-refractivity contribution >= 4 is 34.4 Å². The Morgan fingerprint density at radius 2 is 1.80 bits per heavy atom. The molecular weight excluding hydrogens is 644 g/mol. The second-order valence-electron chi connectivity index (χ2n) is 15.2. The van der Waals surface area contributed by atoms with E-state index < -0.39 is 34.4 Å². The first-order valence-electron chi connectivity index (χ1n) is 16.6. The number of anilines is 3. The van der Waals surface area contributed by atoms with Gasteiger partial charge in [0.2, 0.25) is 11.8 Å². The smallest absolute Gasteiger partial charge is 0.417 e. The number of nitrogens with zero attached hydrogens (tertiary/aromatic N) is 7. The number of likely N-dealkylation sites (N-methyl/N-ethyl adjacent to an activating group) is 1. The molecule has 11 nitrogen and oxygen atoms in total. The molecule has 0 saturated carbocycles. The molecule has 2 N–H and O–H groups in total. The molecular formula is C34H42F4N8O3. The van der Waals surface area contributed by atoms with Crippen LogP contribution in [0.1, 0.15) is 58.1 Å². The molecule has 7 rings (SSSR count). The van der Waals surface area contributed by atoms with Gasteiger partial charge in [-0.1, -0.05) is 0 Å². The number of aryl methyl sites for hydroxylation is 1. The monoisotopic (exact) mass is 686 g/mol. The van der Waals surface area contributed by atoms with E-state index in [9.17, 15) is 18.0 Å². The second kappa shape index (κ2) is 11.2. The summed E-state index contributed by atoms with van der Waals surface area (Å²) in [5.74, 6) is -0.434. The average molecular weight is 687 g/mol. The molecule has 264 valence electrons. The highest BCUT2D eigenvalue weighted by Gasteiger charge is 2.51. The molecule has 4 aliphatic heterocycles. The maximum absolute atomic E-state index is 17.0. The Morgan fingerprint density at radius 3 is 2.45 bits per heavy atom. The van der Waals surface area contributed by atoms with Crippen LogP contribution in [0.3, 0.4) is 0 Å². The molecule has 0 radical (unpaired) electrons. The van der Waals surface area contributed by atoms with E-state index in [1.165, 1.54) is 13.0 Å². The van der Waals surface area contributed by atoms with Crippen LogP contribution in [-0.2, 0) is 10.9 Å². The fraction of sp³-hybridized carbons (Fsp3) is 0.588. The van der Waals surface area contributed by atoms with Crippen LogP contribution < -0.4 is 20.3 Å². The molecule has 0 unspecified atom stereocenters. The number of piperazine rings is 1. The van der Waals surface area contributed by atoms with Crippen LogP contribution in [0.2, 0.25) is 0 Å². The molecule has 1 amide bonds. The maximum atomic E-state index is 17.0. The Morgan fingerprint density at radius 1 is 1.08 bits per heavy atom. The van der Waals surface area contributed by atoms with Gasteiger partial charge in [0.05, 0.1) is 35.8 Å². The number of nitrogens with two attached hydrogens (primary N) is 1. The number of fused-ring (bicyclic) bond motifs is 5. The van der Waals surface area contributed by atoms with Gasteiger partial charge >= 0.3 is 12.3 Å². The van der Waals surface area contributed by atoms with Crippen LogP contribution in [0, 0.1) is 12.7 Å². The van der Waals surface area contributed by atoms with Crippen molar-refractivity contribution in [2.24, 2.45) is 0 Å². The third-order valence-corrected chi connectivity index (χ3v) is 10.4. The van der Waals surface area contributed by atoms with E-state index >= 15 is 4.39 Å². The summed E-state index contributed by atoms with van der Waals surface area (Å²) in [6.07, 6.45) is -3.24. The van der Waals surface area contributed by atoms with E-state index in [0.717, 1.165) is 18.9 Å². The highest BCUT2D eigenvalue weighted by atomic mass is 19.4. The fourth-order valence-corrected chi connectivity index (χ4v) is 7.83. The minimum absolute atomic E-state index is 0.0409. The zero-order valence-corrected chi connectivity index (χ0v) is 28.8. The summed E-state index contributed by atoms with van der Waals surface area (Å²) < 4.78 is 72.3. The van der Waals surface area contributed by atoms with Gasteiger partial charge in [0.1, 0.15) is 28.0 Å². The molecule has 0 aliphatic carbocycles. The highest BCUT2D eigenvalue weighted by Crippen LogP contribution is 2.47. The van der Waals surface area contributed by atoms with Crippen LogP contribution in [0.4, 0.5) is 39.8 Å². The summed E-state index contributed by atoms with van der Waals surface area (Å²) in [6, 6.07) is 1.65. The molecule has 15 heteroatoms. The molecule has 2 bridgehead atoms. The average Bonchev–Trinajstić information content (AvgIpc) is 3.29. The lowest BCUT2D eigenvalue weighted by Gasteiger charge is -2.52. The zero-order valence-electron chi connectivity index (χ0n) is 28.8. The third kappa shape index (κ3) is 5.53. The van der Waals surface area contributed by atoms with Crippen molar-refractivity contribution < 1.29 is 31.8 Å². The number of amides is 1. The van der Waals surface area contributed by atoms with Crippen LogP contribution >= 0.6 is 0 Å². The zero-order chi connectivity index (χ0) is 35.4. The number of carbonyl (C=O) groups excluding carboxylic acids is 1. The quantitative estimate of drug-likeness (QED) is 0.275. The summed E-state index contributed by atoms with van der Waals surface area (Å²) in [5, 5.41) is 0.185. The Labute approximate surface area is 282 Å². The van der Waals surface area contributed by atoms with E-state index in [2.05, 4.69) is 26.7 Å². The van der Waals surface area contributed by atoms with E-state index in [-0.39, 0.29) is 70.3 Å². The number of nitrogen functional groups attached to an aromatic ring is 1. The number of ether oxygens (including phenoxy) is 2. The van der Waals surface area contributed by atoms with E-state index in [1.807, 2.05) is 44.7 Å². The lowest BCUT2D eigenvalue weighted by atomic mass is 9.91. The Balaban J connectivity index is 1.42. The van der Waals surface area contributed by atoms with Crippen molar-refractivity contribution in [2.75, 3.05) is 55.9 Å². The Kier molecular flexibility index (Phi) is 7.62. The van der Waals surface area contributed by atoms with Gasteiger partial charge in [0, 0.05) is 37.3 Å². The van der Waals surface area contributed by atoms with Gasteiger partial charge in [0.25, 0.3) is 0 Å². The number of aromatic nitrogens is 3. The molecule has 3 fully saturated rings. The first-order valence-corrected chi connectivity index (χ1v) is 16.6. The predicted molar refractivity (Wildman–Crippen MR) is 177 cm³/mol. The third-order valence-electron chi connectivity index (χ3n) is 10.4. The van der Waals surface area contributed by atoms with Crippen LogP contribution in [-0.4, -0.2) is 100 Å². The van der Waals surface area contributed by atoms with Crippen LogP contribution in [0.15, 0.2) is 12.1 Å². The minimum atomic E-state index is -4.81. The molecule has 4 aliphatic rings. The van der Waals surface area contributed by atoms with Crippen molar-refractivity contribution in [2.45, 2.75) is 89.3 Å². The first kappa shape index (κ1) is 33.4. The number of alkyl halides is 3. The van der Waals surface area contributed by atoms with Gasteiger partial charge in [-0.15, -0.1) is 0 Å². The summed E-state index contributed by atoms with van der Waals surface area (Å²) in [4.78, 5) is 35.5.